The Morgan fingerprint density at radius 1 is 1.03 bits per heavy atom. The summed E-state index contributed by atoms with van der Waals surface area (Å²) in [7, 11) is 0. The monoisotopic (exact) mass is 443 g/mol. The summed E-state index contributed by atoms with van der Waals surface area (Å²) < 4.78 is 1.68. The third-order valence-electron chi connectivity index (χ3n) is 4.81. The first kappa shape index (κ1) is 21.6. The zero-order valence-corrected chi connectivity index (χ0v) is 18.0. The van der Waals surface area contributed by atoms with Crippen LogP contribution in [0.1, 0.15) is 17.0 Å². The number of nitro benzene ring substituents is 1. The molecule has 2 aromatic heterocycles. The van der Waals surface area contributed by atoms with Crippen molar-refractivity contribution in [2.75, 3.05) is 5.43 Å². The van der Waals surface area contributed by atoms with Crippen LogP contribution in [0.15, 0.2) is 66.9 Å². The Bertz CT molecular complexity index is 1280. The van der Waals surface area contributed by atoms with Crippen LogP contribution in [0.25, 0.3) is 16.9 Å². The zero-order valence-electron chi connectivity index (χ0n) is 18.0. The number of carbonyl (C=O) groups is 1. The van der Waals surface area contributed by atoms with E-state index in [1.807, 2.05) is 50.2 Å². The number of nitrogens with one attached hydrogen (secondary N) is 2. The van der Waals surface area contributed by atoms with Crippen LogP contribution in [-0.2, 0) is 11.2 Å². The molecule has 0 spiro atoms. The molecule has 33 heavy (non-hydrogen) atoms. The molecule has 4 rings (SSSR count). The first-order valence-corrected chi connectivity index (χ1v) is 10.1. The first-order chi connectivity index (χ1) is 15.9. The van der Waals surface area contributed by atoms with Gasteiger partial charge in [-0.05, 0) is 44.2 Å². The normalized spacial score (nSPS) is 10.6. The van der Waals surface area contributed by atoms with Crippen LogP contribution < -0.4 is 10.9 Å². The van der Waals surface area contributed by atoms with E-state index in [1.165, 1.54) is 12.1 Å². The van der Waals surface area contributed by atoms with Gasteiger partial charge in [0.2, 0.25) is 11.9 Å². The minimum atomic E-state index is -0.457. The Morgan fingerprint density at radius 3 is 2.33 bits per heavy atom. The second-order valence-electron chi connectivity index (χ2n) is 7.41. The number of para-hydroxylation sites is 1. The molecule has 0 fully saturated rings. The predicted octanol–water partition coefficient (Wildman–Crippen LogP) is 3.54. The molecule has 0 bridgehead atoms. The minimum absolute atomic E-state index is 0.0156. The number of nitro groups is 1. The molecule has 0 atom stereocenters. The van der Waals surface area contributed by atoms with E-state index in [0.717, 1.165) is 17.1 Å². The van der Waals surface area contributed by atoms with Crippen molar-refractivity contribution >= 4 is 17.5 Å². The molecule has 2 heterocycles. The summed E-state index contributed by atoms with van der Waals surface area (Å²) >= 11 is 0. The summed E-state index contributed by atoms with van der Waals surface area (Å²) in [5.41, 5.74) is 9.62. The second-order valence-corrected chi connectivity index (χ2v) is 7.41. The highest BCUT2D eigenvalue weighted by Gasteiger charge is 2.17. The lowest BCUT2D eigenvalue weighted by Crippen LogP contribution is -2.31. The molecule has 0 saturated carbocycles. The molecule has 0 aliphatic heterocycles. The van der Waals surface area contributed by atoms with Crippen molar-refractivity contribution in [2.24, 2.45) is 0 Å². The average Bonchev–Trinajstić information content (AvgIpc) is 3.21. The van der Waals surface area contributed by atoms with Crippen LogP contribution in [0.3, 0.4) is 0 Å². The molecule has 0 radical (unpaired) electrons. The van der Waals surface area contributed by atoms with Gasteiger partial charge in [-0.15, -0.1) is 0 Å². The van der Waals surface area contributed by atoms with E-state index >= 15 is 0 Å². The number of nitrogens with zero attached hydrogens (tertiary/aromatic N) is 5. The van der Waals surface area contributed by atoms with Gasteiger partial charge in [-0.2, -0.15) is 5.10 Å². The highest BCUT2D eigenvalue weighted by atomic mass is 16.6. The Balaban J connectivity index is 1.59. The maximum atomic E-state index is 12.7. The smallest absolute Gasteiger partial charge is 0.269 e. The lowest BCUT2D eigenvalue weighted by Gasteiger charge is -2.08. The van der Waals surface area contributed by atoms with Gasteiger partial charge in [0, 0.05) is 40.8 Å². The van der Waals surface area contributed by atoms with E-state index < -0.39 is 4.92 Å². The molecule has 2 N–H and O–H groups in total. The number of anilines is 1. The van der Waals surface area contributed by atoms with Crippen LogP contribution in [0.4, 0.5) is 11.6 Å². The quantitative estimate of drug-likeness (QED) is 0.330. The number of hydrogen-bond donors (Lipinski definition) is 2. The first-order valence-electron chi connectivity index (χ1n) is 10.1. The van der Waals surface area contributed by atoms with E-state index in [-0.39, 0.29) is 18.0 Å². The highest BCUT2D eigenvalue weighted by molar-refractivity contribution is 5.82. The number of rotatable bonds is 7. The Hall–Kier alpha value is -4.60. The maximum Gasteiger partial charge on any atom is 0.269 e. The fourth-order valence-electron chi connectivity index (χ4n) is 3.36. The standard InChI is InChI=1S/C23H21N7O3/c1-15-12-16(2)25-23(24-15)27-26-21(31)13-18-14-29(19-6-4-3-5-7-19)28-22(18)17-8-10-20(11-9-17)30(32)33/h3-12,14H,13H2,1-2H3,(H,26,31)(H,24,25,27). The maximum absolute atomic E-state index is 12.7. The van der Waals surface area contributed by atoms with Gasteiger partial charge in [-0.3, -0.25) is 25.8 Å². The van der Waals surface area contributed by atoms with Gasteiger partial charge in [0.05, 0.1) is 22.7 Å². The number of hydrazine groups is 1. The third-order valence-corrected chi connectivity index (χ3v) is 4.81. The molecule has 10 nitrogen and oxygen atoms in total. The number of benzene rings is 2. The third kappa shape index (κ3) is 5.18. The molecule has 0 aliphatic rings. The number of non-ortho nitro benzene ring substituents is 1. The van der Waals surface area contributed by atoms with Crippen LogP contribution in [0.5, 0.6) is 0 Å². The number of aryl methyl sites for hydroxylation is 2. The number of aromatic nitrogens is 4. The lowest BCUT2D eigenvalue weighted by atomic mass is 10.1. The molecule has 166 valence electrons. The van der Waals surface area contributed by atoms with E-state index in [0.29, 0.717) is 22.8 Å². The van der Waals surface area contributed by atoms with Gasteiger partial charge >= 0.3 is 0 Å². The summed E-state index contributed by atoms with van der Waals surface area (Å²) in [4.78, 5) is 31.7. The Morgan fingerprint density at radius 2 is 1.70 bits per heavy atom. The van der Waals surface area contributed by atoms with Crippen LogP contribution in [0, 0.1) is 24.0 Å². The van der Waals surface area contributed by atoms with Gasteiger partial charge < -0.3 is 0 Å². The van der Waals surface area contributed by atoms with Gasteiger partial charge in [0.25, 0.3) is 5.69 Å². The van der Waals surface area contributed by atoms with Gasteiger partial charge in [0.1, 0.15) is 0 Å². The topological polar surface area (TPSA) is 128 Å². The Kier molecular flexibility index (Phi) is 6.07. The van der Waals surface area contributed by atoms with E-state index in [4.69, 9.17) is 0 Å². The molecule has 4 aromatic rings. The molecule has 2 aromatic carbocycles. The number of hydrogen-bond acceptors (Lipinski definition) is 7. The predicted molar refractivity (Wildman–Crippen MR) is 123 cm³/mol. The van der Waals surface area contributed by atoms with E-state index in [9.17, 15) is 14.9 Å². The fourth-order valence-corrected chi connectivity index (χ4v) is 3.36. The number of amides is 1. The van der Waals surface area contributed by atoms with Crippen molar-refractivity contribution in [3.8, 4) is 16.9 Å². The van der Waals surface area contributed by atoms with Crippen molar-refractivity contribution in [2.45, 2.75) is 20.3 Å². The zero-order chi connectivity index (χ0) is 23.4. The van der Waals surface area contributed by atoms with Crippen molar-refractivity contribution in [3.63, 3.8) is 0 Å². The van der Waals surface area contributed by atoms with Crippen LogP contribution in [0.2, 0.25) is 0 Å². The molecule has 1 amide bonds. The van der Waals surface area contributed by atoms with Crippen molar-refractivity contribution < 1.29 is 9.72 Å². The van der Waals surface area contributed by atoms with Crippen LogP contribution in [-0.4, -0.2) is 30.6 Å². The summed E-state index contributed by atoms with van der Waals surface area (Å²) in [5.74, 6) is -0.00930. The molecule has 0 saturated heterocycles. The fraction of sp³-hybridized carbons (Fsp3) is 0.130. The molecular weight excluding hydrogens is 422 g/mol. The van der Waals surface area contributed by atoms with Crippen molar-refractivity contribution in [1.82, 2.24) is 25.2 Å². The molecule has 10 heteroatoms. The van der Waals surface area contributed by atoms with E-state index in [1.54, 1.807) is 23.0 Å². The Labute approximate surface area is 189 Å². The summed E-state index contributed by atoms with van der Waals surface area (Å²) in [6.45, 7) is 3.69. The highest BCUT2D eigenvalue weighted by Crippen LogP contribution is 2.26. The van der Waals surface area contributed by atoms with Crippen LogP contribution >= 0.6 is 0 Å². The van der Waals surface area contributed by atoms with E-state index in [2.05, 4.69) is 25.9 Å². The summed E-state index contributed by atoms with van der Waals surface area (Å²) in [6.07, 6.45) is 1.80. The van der Waals surface area contributed by atoms with Crippen molar-refractivity contribution in [1.29, 1.82) is 0 Å². The minimum Gasteiger partial charge on any atom is -0.273 e. The lowest BCUT2D eigenvalue weighted by molar-refractivity contribution is -0.384. The average molecular weight is 443 g/mol. The molecular formula is C23H21N7O3. The number of carbonyl (C=O) groups excluding carboxylic acids is 1. The second kappa shape index (κ2) is 9.27. The molecule has 0 unspecified atom stereocenters. The summed E-state index contributed by atoms with van der Waals surface area (Å²) in [6, 6.07) is 17.4. The molecule has 0 aliphatic carbocycles. The largest absolute Gasteiger partial charge is 0.273 e. The summed E-state index contributed by atoms with van der Waals surface area (Å²) in [5, 5.41) is 15.6. The van der Waals surface area contributed by atoms with Gasteiger partial charge in [0.15, 0.2) is 0 Å². The van der Waals surface area contributed by atoms with Gasteiger partial charge in [-0.25, -0.2) is 14.6 Å². The van der Waals surface area contributed by atoms with Gasteiger partial charge in [-0.1, -0.05) is 18.2 Å². The van der Waals surface area contributed by atoms with Crippen molar-refractivity contribution in [3.05, 3.63) is 93.9 Å². The SMILES string of the molecule is Cc1cc(C)nc(NNC(=O)Cc2cn(-c3ccccc3)nc2-c2ccc([N+](=O)[O-])cc2)n1.